The van der Waals surface area contributed by atoms with Gasteiger partial charge in [-0.2, -0.15) is 0 Å². The lowest BCUT2D eigenvalue weighted by Crippen LogP contribution is -2.49. The zero-order valence-electron chi connectivity index (χ0n) is 15.1. The highest BCUT2D eigenvalue weighted by Crippen LogP contribution is 2.31. The second kappa shape index (κ2) is 7.31. The van der Waals surface area contributed by atoms with Crippen molar-refractivity contribution in [3.63, 3.8) is 0 Å². The summed E-state index contributed by atoms with van der Waals surface area (Å²) in [7, 11) is 0. The van der Waals surface area contributed by atoms with Gasteiger partial charge in [-0.3, -0.25) is 4.79 Å². The Kier molecular flexibility index (Phi) is 4.71. The van der Waals surface area contributed by atoms with E-state index in [1.807, 2.05) is 43.3 Å². The molecule has 0 aromatic heterocycles. The Morgan fingerprint density at radius 2 is 1.81 bits per heavy atom. The molecule has 4 rings (SSSR count). The molecule has 0 saturated carbocycles. The molecule has 0 saturated heterocycles. The third-order valence-electron chi connectivity index (χ3n) is 4.85. The second-order valence-corrected chi connectivity index (χ2v) is 6.63. The first-order valence-electron chi connectivity index (χ1n) is 9.12. The Balaban J connectivity index is 1.44. The number of esters is 1. The van der Waals surface area contributed by atoms with Crippen LogP contribution < -0.4 is 9.47 Å². The molecule has 6 heteroatoms. The van der Waals surface area contributed by atoms with Crippen molar-refractivity contribution < 1.29 is 23.8 Å². The van der Waals surface area contributed by atoms with Gasteiger partial charge in [-0.05, 0) is 30.7 Å². The van der Waals surface area contributed by atoms with Crippen molar-refractivity contribution in [2.45, 2.75) is 25.6 Å². The van der Waals surface area contributed by atoms with Crippen LogP contribution in [0.5, 0.6) is 11.5 Å². The van der Waals surface area contributed by atoms with Crippen LogP contribution in [0.1, 0.15) is 22.8 Å². The van der Waals surface area contributed by atoms with Crippen LogP contribution in [0.25, 0.3) is 0 Å². The van der Waals surface area contributed by atoms with Crippen molar-refractivity contribution in [1.82, 2.24) is 4.90 Å². The predicted molar refractivity (Wildman–Crippen MR) is 98.0 cm³/mol. The van der Waals surface area contributed by atoms with Crippen LogP contribution in [0.4, 0.5) is 0 Å². The summed E-state index contributed by atoms with van der Waals surface area (Å²) in [6.45, 7) is 3.14. The average Bonchev–Trinajstić information content (AvgIpc) is 2.71. The fourth-order valence-corrected chi connectivity index (χ4v) is 3.45. The normalized spacial score (nSPS) is 20.4. The highest BCUT2D eigenvalue weighted by Gasteiger charge is 2.35. The number of nitrogens with zero attached hydrogens (tertiary/aromatic N) is 1. The SMILES string of the molecule is CCN(C[C@H]1COc2ccccc2O1)C(=O)[C@H]1Cc2ccccc2C(=O)O1. The number of fused-ring (bicyclic) bond motifs is 2. The van der Waals surface area contributed by atoms with Gasteiger partial charge in [0.2, 0.25) is 0 Å². The van der Waals surface area contributed by atoms with Crippen LogP contribution in [-0.4, -0.2) is 48.7 Å². The van der Waals surface area contributed by atoms with E-state index in [0.717, 1.165) is 5.56 Å². The number of amides is 1. The van der Waals surface area contributed by atoms with Crippen LogP contribution in [0.2, 0.25) is 0 Å². The molecular formula is C21H21NO5. The van der Waals surface area contributed by atoms with Gasteiger partial charge in [-0.25, -0.2) is 4.79 Å². The van der Waals surface area contributed by atoms with Crippen molar-refractivity contribution in [3.8, 4) is 11.5 Å². The van der Waals surface area contributed by atoms with E-state index >= 15 is 0 Å². The van der Waals surface area contributed by atoms with Gasteiger partial charge in [-0.1, -0.05) is 30.3 Å². The molecule has 2 aromatic carbocycles. The largest absolute Gasteiger partial charge is 0.486 e. The van der Waals surface area contributed by atoms with Gasteiger partial charge in [0.05, 0.1) is 12.1 Å². The van der Waals surface area contributed by atoms with E-state index in [4.69, 9.17) is 14.2 Å². The Bertz CT molecular complexity index is 865. The summed E-state index contributed by atoms with van der Waals surface area (Å²) in [4.78, 5) is 26.8. The molecule has 0 fully saturated rings. The first-order chi connectivity index (χ1) is 13.2. The molecule has 2 heterocycles. The Labute approximate surface area is 157 Å². The minimum Gasteiger partial charge on any atom is -0.486 e. The average molecular weight is 367 g/mol. The second-order valence-electron chi connectivity index (χ2n) is 6.63. The molecule has 2 aromatic rings. The number of ether oxygens (including phenoxy) is 3. The summed E-state index contributed by atoms with van der Waals surface area (Å²) < 4.78 is 17.1. The maximum absolute atomic E-state index is 13.0. The number of likely N-dealkylation sites (N-methyl/N-ethyl adjacent to an activating group) is 1. The van der Waals surface area contributed by atoms with Crippen molar-refractivity contribution in [3.05, 3.63) is 59.7 Å². The highest BCUT2D eigenvalue weighted by atomic mass is 16.6. The number of hydrogen-bond acceptors (Lipinski definition) is 5. The van der Waals surface area contributed by atoms with Crippen molar-refractivity contribution in [2.75, 3.05) is 19.7 Å². The number of cyclic esters (lactones) is 1. The lowest BCUT2D eigenvalue weighted by Gasteiger charge is -2.33. The Morgan fingerprint density at radius 3 is 2.63 bits per heavy atom. The molecule has 0 radical (unpaired) electrons. The number of carbonyl (C=O) groups is 2. The van der Waals surface area contributed by atoms with Gasteiger partial charge in [0.15, 0.2) is 23.7 Å². The number of rotatable bonds is 4. The molecule has 2 aliphatic heterocycles. The summed E-state index contributed by atoms with van der Waals surface area (Å²) in [5.41, 5.74) is 1.37. The maximum Gasteiger partial charge on any atom is 0.339 e. The monoisotopic (exact) mass is 367 g/mol. The molecule has 0 aliphatic carbocycles. The highest BCUT2D eigenvalue weighted by molar-refractivity contribution is 5.95. The first-order valence-corrected chi connectivity index (χ1v) is 9.12. The molecule has 140 valence electrons. The molecular weight excluding hydrogens is 346 g/mol. The topological polar surface area (TPSA) is 65.1 Å². The van der Waals surface area contributed by atoms with Crippen LogP contribution in [0.15, 0.2) is 48.5 Å². The summed E-state index contributed by atoms with van der Waals surface area (Å²) in [5, 5.41) is 0. The molecule has 1 amide bonds. The van der Waals surface area contributed by atoms with E-state index in [0.29, 0.717) is 43.2 Å². The zero-order chi connectivity index (χ0) is 18.8. The van der Waals surface area contributed by atoms with E-state index in [1.54, 1.807) is 17.0 Å². The van der Waals surface area contributed by atoms with Gasteiger partial charge in [0.25, 0.3) is 5.91 Å². The van der Waals surface area contributed by atoms with Gasteiger partial charge in [0, 0.05) is 13.0 Å². The van der Waals surface area contributed by atoms with Gasteiger partial charge in [-0.15, -0.1) is 0 Å². The van der Waals surface area contributed by atoms with Crippen molar-refractivity contribution in [2.24, 2.45) is 0 Å². The van der Waals surface area contributed by atoms with Gasteiger partial charge in [0.1, 0.15) is 6.61 Å². The van der Waals surface area contributed by atoms with Crippen LogP contribution in [0, 0.1) is 0 Å². The smallest absolute Gasteiger partial charge is 0.339 e. The van der Waals surface area contributed by atoms with Gasteiger partial charge < -0.3 is 19.1 Å². The Hall–Kier alpha value is -3.02. The third-order valence-corrected chi connectivity index (χ3v) is 4.85. The van der Waals surface area contributed by atoms with Crippen molar-refractivity contribution >= 4 is 11.9 Å². The lowest BCUT2D eigenvalue weighted by atomic mass is 9.98. The quantitative estimate of drug-likeness (QED) is 0.777. The van der Waals surface area contributed by atoms with E-state index in [2.05, 4.69) is 0 Å². The molecule has 0 bridgehead atoms. The van der Waals surface area contributed by atoms with E-state index in [-0.39, 0.29) is 12.0 Å². The molecule has 0 spiro atoms. The summed E-state index contributed by atoms with van der Waals surface area (Å²) in [5.74, 6) is 0.733. The summed E-state index contributed by atoms with van der Waals surface area (Å²) in [6, 6.07) is 14.7. The minimum atomic E-state index is -0.802. The van der Waals surface area contributed by atoms with E-state index in [1.165, 1.54) is 0 Å². The zero-order valence-corrected chi connectivity index (χ0v) is 15.1. The van der Waals surface area contributed by atoms with E-state index in [9.17, 15) is 9.59 Å². The Morgan fingerprint density at radius 1 is 1.07 bits per heavy atom. The van der Waals surface area contributed by atoms with Crippen molar-refractivity contribution in [1.29, 1.82) is 0 Å². The number of hydrogen-bond donors (Lipinski definition) is 0. The molecule has 6 nitrogen and oxygen atoms in total. The van der Waals surface area contributed by atoms with Crippen LogP contribution in [-0.2, 0) is 16.0 Å². The predicted octanol–water partition coefficient (Wildman–Crippen LogP) is 2.46. The molecule has 0 N–H and O–H groups in total. The fraction of sp³-hybridized carbons (Fsp3) is 0.333. The minimum absolute atomic E-state index is 0.206. The first kappa shape index (κ1) is 17.4. The maximum atomic E-state index is 13.0. The number of para-hydroxylation sites is 2. The summed E-state index contributed by atoms with van der Waals surface area (Å²) >= 11 is 0. The summed E-state index contributed by atoms with van der Waals surface area (Å²) in [6.07, 6.45) is -0.679. The van der Waals surface area contributed by atoms with Crippen LogP contribution in [0.3, 0.4) is 0 Å². The van der Waals surface area contributed by atoms with Crippen LogP contribution >= 0.6 is 0 Å². The molecule has 27 heavy (non-hydrogen) atoms. The molecule has 0 unspecified atom stereocenters. The number of carbonyl (C=O) groups excluding carboxylic acids is 2. The molecule has 2 atom stereocenters. The van der Waals surface area contributed by atoms with Gasteiger partial charge >= 0.3 is 5.97 Å². The molecule has 2 aliphatic rings. The van der Waals surface area contributed by atoms with E-state index < -0.39 is 12.1 Å². The number of benzene rings is 2. The standard InChI is InChI=1S/C21H21NO5/c1-2-22(12-15-13-25-17-9-5-6-10-18(17)26-15)20(23)19-11-14-7-3-4-8-16(14)21(24)27-19/h3-10,15,19H,2,11-13H2,1H3/t15-,19+/m0/s1. The third kappa shape index (κ3) is 3.47. The lowest BCUT2D eigenvalue weighted by molar-refractivity contribution is -0.142. The fourth-order valence-electron chi connectivity index (χ4n) is 3.45.